The monoisotopic (exact) mass is 307 g/mol. The summed E-state index contributed by atoms with van der Waals surface area (Å²) in [6, 6.07) is 11.2. The highest BCUT2D eigenvalue weighted by Crippen LogP contribution is 2.32. The van der Waals surface area contributed by atoms with Gasteiger partial charge in [0, 0.05) is 4.88 Å². The van der Waals surface area contributed by atoms with Crippen molar-refractivity contribution in [1.82, 2.24) is 5.32 Å². The van der Waals surface area contributed by atoms with Crippen LogP contribution in [0.15, 0.2) is 30.3 Å². The molecule has 1 aromatic heterocycles. The summed E-state index contributed by atoms with van der Waals surface area (Å²) in [7, 11) is 0. The van der Waals surface area contributed by atoms with Gasteiger partial charge in [-0.15, -0.1) is 11.3 Å². The highest BCUT2D eigenvalue weighted by atomic mass is 35.5. The van der Waals surface area contributed by atoms with Crippen LogP contribution >= 0.6 is 22.9 Å². The molecule has 0 radical (unpaired) electrons. The number of nitrogens with one attached hydrogen (secondary N) is 1. The van der Waals surface area contributed by atoms with Crippen molar-refractivity contribution >= 4 is 22.9 Å². The minimum atomic E-state index is 0.244. The van der Waals surface area contributed by atoms with Crippen molar-refractivity contribution in [3.8, 4) is 0 Å². The Morgan fingerprint density at radius 1 is 1.05 bits per heavy atom. The number of hydrogen-bond donors (Lipinski definition) is 1. The van der Waals surface area contributed by atoms with Gasteiger partial charge in [-0.3, -0.25) is 0 Å². The molecule has 0 aliphatic heterocycles. The minimum absolute atomic E-state index is 0.244. The Hall–Kier alpha value is -0.830. The van der Waals surface area contributed by atoms with Gasteiger partial charge in [0.2, 0.25) is 0 Å². The van der Waals surface area contributed by atoms with E-state index in [2.05, 4.69) is 50.4 Å². The second-order valence-corrected chi connectivity index (χ2v) is 6.61. The summed E-state index contributed by atoms with van der Waals surface area (Å²) >= 11 is 7.75. The maximum Gasteiger partial charge on any atom is 0.0931 e. The molecule has 0 aliphatic rings. The Balaban J connectivity index is 2.39. The van der Waals surface area contributed by atoms with Gasteiger partial charge in [0.05, 0.1) is 10.4 Å². The van der Waals surface area contributed by atoms with E-state index in [1.165, 1.54) is 21.6 Å². The first kappa shape index (κ1) is 15.6. The Labute approximate surface area is 131 Å². The zero-order valence-corrected chi connectivity index (χ0v) is 13.9. The zero-order chi connectivity index (χ0) is 14.5. The number of aryl methyl sites for hydroxylation is 2. The van der Waals surface area contributed by atoms with Crippen LogP contribution in [-0.2, 0) is 12.8 Å². The second kappa shape index (κ2) is 7.26. The SMILES string of the molecule is CCNC(c1ccc(CC)c(CC)c1)c1ccc(Cl)s1. The van der Waals surface area contributed by atoms with Crippen molar-refractivity contribution in [2.45, 2.75) is 39.7 Å². The number of halogens is 1. The maximum absolute atomic E-state index is 6.09. The normalized spacial score (nSPS) is 12.6. The molecule has 20 heavy (non-hydrogen) atoms. The molecule has 1 N–H and O–H groups in total. The summed E-state index contributed by atoms with van der Waals surface area (Å²) in [5.41, 5.74) is 4.24. The summed E-state index contributed by atoms with van der Waals surface area (Å²) in [6.07, 6.45) is 2.18. The molecule has 1 unspecified atom stereocenters. The van der Waals surface area contributed by atoms with Gasteiger partial charge in [-0.2, -0.15) is 0 Å². The molecule has 1 atom stereocenters. The fourth-order valence-electron chi connectivity index (χ4n) is 2.57. The lowest BCUT2D eigenvalue weighted by Crippen LogP contribution is -2.21. The maximum atomic E-state index is 6.09. The van der Waals surface area contributed by atoms with Crippen LogP contribution in [0.2, 0.25) is 4.34 Å². The topological polar surface area (TPSA) is 12.0 Å². The van der Waals surface area contributed by atoms with E-state index in [0.717, 1.165) is 23.7 Å². The van der Waals surface area contributed by atoms with Crippen LogP contribution in [0.5, 0.6) is 0 Å². The third-order valence-corrected chi connectivity index (χ3v) is 4.91. The van der Waals surface area contributed by atoms with E-state index >= 15 is 0 Å². The summed E-state index contributed by atoms with van der Waals surface area (Å²) in [5, 5.41) is 3.57. The number of hydrogen-bond acceptors (Lipinski definition) is 2. The number of thiophene rings is 1. The summed E-state index contributed by atoms with van der Waals surface area (Å²) in [5.74, 6) is 0. The molecule has 1 aromatic carbocycles. The van der Waals surface area contributed by atoms with Gasteiger partial charge in [-0.25, -0.2) is 0 Å². The molecule has 1 nitrogen and oxygen atoms in total. The van der Waals surface area contributed by atoms with Crippen molar-refractivity contribution in [3.05, 3.63) is 56.2 Å². The van der Waals surface area contributed by atoms with Gasteiger partial charge in [0.25, 0.3) is 0 Å². The van der Waals surface area contributed by atoms with Crippen LogP contribution in [0.1, 0.15) is 48.4 Å². The highest BCUT2D eigenvalue weighted by molar-refractivity contribution is 7.16. The van der Waals surface area contributed by atoms with Crippen molar-refractivity contribution in [2.24, 2.45) is 0 Å². The van der Waals surface area contributed by atoms with Crippen molar-refractivity contribution < 1.29 is 0 Å². The zero-order valence-electron chi connectivity index (χ0n) is 12.4. The summed E-state index contributed by atoms with van der Waals surface area (Å²) in [4.78, 5) is 1.28. The molecule has 0 aliphatic carbocycles. The molecule has 0 saturated heterocycles. The molecule has 1 heterocycles. The van der Waals surface area contributed by atoms with E-state index in [-0.39, 0.29) is 6.04 Å². The predicted octanol–water partition coefficient (Wildman–Crippen LogP) is 5.23. The van der Waals surface area contributed by atoms with Gasteiger partial charge < -0.3 is 5.32 Å². The molecular formula is C17H22ClNS. The smallest absolute Gasteiger partial charge is 0.0931 e. The van der Waals surface area contributed by atoms with Crippen LogP contribution in [0, 0.1) is 0 Å². The van der Waals surface area contributed by atoms with E-state index in [1.807, 2.05) is 6.07 Å². The fourth-order valence-corrected chi connectivity index (χ4v) is 3.73. The molecule has 108 valence electrons. The first-order chi connectivity index (χ1) is 9.69. The van der Waals surface area contributed by atoms with Gasteiger partial charge in [0.1, 0.15) is 0 Å². The highest BCUT2D eigenvalue weighted by Gasteiger charge is 2.16. The molecule has 3 heteroatoms. The lowest BCUT2D eigenvalue weighted by atomic mass is 9.96. The van der Waals surface area contributed by atoms with Crippen molar-refractivity contribution in [2.75, 3.05) is 6.54 Å². The Morgan fingerprint density at radius 3 is 2.35 bits per heavy atom. The molecule has 0 fully saturated rings. The minimum Gasteiger partial charge on any atom is -0.306 e. The first-order valence-electron chi connectivity index (χ1n) is 7.29. The van der Waals surface area contributed by atoms with Crippen LogP contribution in [0.4, 0.5) is 0 Å². The van der Waals surface area contributed by atoms with Gasteiger partial charge in [-0.05, 0) is 48.2 Å². The predicted molar refractivity (Wildman–Crippen MR) is 90.0 cm³/mol. The Kier molecular flexibility index (Phi) is 5.64. The van der Waals surface area contributed by atoms with Crippen molar-refractivity contribution in [3.63, 3.8) is 0 Å². The third kappa shape index (κ3) is 3.43. The molecule has 0 spiro atoms. The van der Waals surface area contributed by atoms with E-state index in [9.17, 15) is 0 Å². The number of benzene rings is 1. The van der Waals surface area contributed by atoms with E-state index in [1.54, 1.807) is 11.3 Å². The molecule has 2 rings (SSSR count). The Morgan fingerprint density at radius 2 is 1.80 bits per heavy atom. The molecule has 2 aromatic rings. The molecule has 0 bridgehead atoms. The lowest BCUT2D eigenvalue weighted by Gasteiger charge is -2.19. The average Bonchev–Trinajstić information content (AvgIpc) is 2.90. The van der Waals surface area contributed by atoms with Gasteiger partial charge in [-0.1, -0.05) is 50.6 Å². The van der Waals surface area contributed by atoms with Crippen molar-refractivity contribution in [1.29, 1.82) is 0 Å². The lowest BCUT2D eigenvalue weighted by molar-refractivity contribution is 0.638. The van der Waals surface area contributed by atoms with Gasteiger partial charge >= 0.3 is 0 Å². The second-order valence-electron chi connectivity index (χ2n) is 4.87. The largest absolute Gasteiger partial charge is 0.306 e. The van der Waals surface area contributed by atoms with Crippen LogP contribution in [-0.4, -0.2) is 6.54 Å². The van der Waals surface area contributed by atoms with E-state index in [0.29, 0.717) is 0 Å². The van der Waals surface area contributed by atoms with Crippen LogP contribution in [0.25, 0.3) is 0 Å². The first-order valence-corrected chi connectivity index (χ1v) is 8.49. The summed E-state index contributed by atoms with van der Waals surface area (Å²) in [6.45, 7) is 7.53. The average molecular weight is 308 g/mol. The van der Waals surface area contributed by atoms with Crippen LogP contribution in [0.3, 0.4) is 0 Å². The fraction of sp³-hybridized carbons (Fsp3) is 0.412. The molecular weight excluding hydrogens is 286 g/mol. The van der Waals surface area contributed by atoms with Gasteiger partial charge in [0.15, 0.2) is 0 Å². The quantitative estimate of drug-likeness (QED) is 0.771. The summed E-state index contributed by atoms with van der Waals surface area (Å²) < 4.78 is 0.851. The standard InChI is InChI=1S/C17H22ClNS/c1-4-12-7-8-14(11-13(12)5-2)17(19-6-3)15-9-10-16(18)20-15/h7-11,17,19H,4-6H2,1-3H3. The van der Waals surface area contributed by atoms with E-state index < -0.39 is 0 Å². The van der Waals surface area contributed by atoms with Crippen LogP contribution < -0.4 is 5.32 Å². The van der Waals surface area contributed by atoms with E-state index in [4.69, 9.17) is 11.6 Å². The Bertz CT molecular complexity index is 562. The molecule has 0 saturated carbocycles. The number of rotatable bonds is 6. The third-order valence-electron chi connectivity index (χ3n) is 3.61. The molecule has 0 amide bonds.